The summed E-state index contributed by atoms with van der Waals surface area (Å²) in [6, 6.07) is 4.74. The maximum Gasteiger partial charge on any atom is 0.303 e. The van der Waals surface area contributed by atoms with E-state index < -0.39 is 11.9 Å². The molecule has 13 heteroatoms. The molecule has 0 saturated carbocycles. The SMILES string of the molecule is COc1nc(NCCCC(=O)O)nc(OC)c1NC(=O)c1ccc(Oc2c(C)cc(Cl)c(C(C)C)c2OC)o1. The van der Waals surface area contributed by atoms with Crippen LogP contribution in [-0.4, -0.2) is 54.8 Å². The van der Waals surface area contributed by atoms with Crippen molar-refractivity contribution < 1.29 is 38.1 Å². The van der Waals surface area contributed by atoms with Crippen molar-refractivity contribution >= 4 is 35.1 Å². The third-order valence-electron chi connectivity index (χ3n) is 5.52. The van der Waals surface area contributed by atoms with Gasteiger partial charge in [0, 0.05) is 29.6 Å². The molecule has 210 valence electrons. The molecule has 2 heterocycles. The fraction of sp³-hybridized carbons (Fsp3) is 0.385. The van der Waals surface area contributed by atoms with Gasteiger partial charge in [0.25, 0.3) is 11.9 Å². The highest BCUT2D eigenvalue weighted by molar-refractivity contribution is 6.31. The van der Waals surface area contributed by atoms with Crippen molar-refractivity contribution in [1.29, 1.82) is 0 Å². The van der Waals surface area contributed by atoms with Crippen LogP contribution in [0.3, 0.4) is 0 Å². The molecule has 0 aliphatic rings. The quantitative estimate of drug-likeness (QED) is 0.226. The van der Waals surface area contributed by atoms with E-state index in [0.29, 0.717) is 29.5 Å². The van der Waals surface area contributed by atoms with Crippen LogP contribution in [-0.2, 0) is 4.79 Å². The van der Waals surface area contributed by atoms with Crippen molar-refractivity contribution in [2.75, 3.05) is 38.5 Å². The van der Waals surface area contributed by atoms with E-state index in [0.717, 1.165) is 11.1 Å². The number of nitrogens with zero attached hydrogens (tertiary/aromatic N) is 2. The number of carboxylic acids is 1. The first-order valence-corrected chi connectivity index (χ1v) is 12.4. The number of carbonyl (C=O) groups excluding carboxylic acids is 1. The van der Waals surface area contributed by atoms with Crippen LogP contribution in [0.2, 0.25) is 5.02 Å². The van der Waals surface area contributed by atoms with E-state index in [9.17, 15) is 9.59 Å². The summed E-state index contributed by atoms with van der Waals surface area (Å²) in [5, 5.41) is 14.9. The molecule has 3 rings (SSSR count). The zero-order chi connectivity index (χ0) is 28.7. The van der Waals surface area contributed by atoms with Crippen LogP contribution in [0.1, 0.15) is 54.3 Å². The molecule has 12 nitrogen and oxygen atoms in total. The Kier molecular flexibility index (Phi) is 9.83. The smallest absolute Gasteiger partial charge is 0.303 e. The number of anilines is 2. The molecule has 0 fully saturated rings. The van der Waals surface area contributed by atoms with Crippen LogP contribution in [0.5, 0.6) is 29.2 Å². The molecule has 1 aromatic carbocycles. The lowest BCUT2D eigenvalue weighted by Gasteiger charge is -2.19. The maximum absolute atomic E-state index is 13.0. The van der Waals surface area contributed by atoms with Gasteiger partial charge in [-0.05, 0) is 37.0 Å². The van der Waals surface area contributed by atoms with Gasteiger partial charge < -0.3 is 39.1 Å². The number of nitrogens with one attached hydrogen (secondary N) is 2. The van der Waals surface area contributed by atoms with E-state index in [-0.39, 0.29) is 47.4 Å². The number of furan rings is 1. The number of aromatic nitrogens is 2. The summed E-state index contributed by atoms with van der Waals surface area (Å²) in [6.07, 6.45) is 0.360. The molecule has 3 aromatic rings. The minimum atomic E-state index is -0.903. The zero-order valence-corrected chi connectivity index (χ0v) is 23.3. The van der Waals surface area contributed by atoms with Crippen LogP contribution < -0.4 is 29.6 Å². The normalized spacial score (nSPS) is 10.8. The first-order chi connectivity index (χ1) is 18.6. The fourth-order valence-corrected chi connectivity index (χ4v) is 4.19. The molecule has 3 N–H and O–H groups in total. The molecule has 0 saturated heterocycles. The van der Waals surface area contributed by atoms with Crippen molar-refractivity contribution in [2.24, 2.45) is 0 Å². The molecule has 0 bridgehead atoms. The number of hydrogen-bond donors (Lipinski definition) is 3. The van der Waals surface area contributed by atoms with E-state index in [1.54, 1.807) is 6.07 Å². The van der Waals surface area contributed by atoms with Crippen molar-refractivity contribution in [3.05, 3.63) is 40.1 Å². The van der Waals surface area contributed by atoms with E-state index in [1.165, 1.54) is 33.5 Å². The summed E-state index contributed by atoms with van der Waals surface area (Å²) in [7, 11) is 4.28. The Balaban J connectivity index is 1.81. The number of halogens is 1. The number of rotatable bonds is 13. The van der Waals surface area contributed by atoms with Gasteiger partial charge in [0.15, 0.2) is 22.9 Å². The zero-order valence-electron chi connectivity index (χ0n) is 22.5. The molecular weight excluding hydrogens is 532 g/mol. The Hall–Kier alpha value is -4.19. The van der Waals surface area contributed by atoms with E-state index in [2.05, 4.69) is 20.6 Å². The monoisotopic (exact) mass is 562 g/mol. The molecule has 2 aromatic heterocycles. The van der Waals surface area contributed by atoms with Gasteiger partial charge in [0.2, 0.25) is 17.7 Å². The summed E-state index contributed by atoms with van der Waals surface area (Å²) in [5.41, 5.74) is 1.60. The number of benzene rings is 1. The summed E-state index contributed by atoms with van der Waals surface area (Å²) >= 11 is 6.44. The Labute approximate surface area is 230 Å². The highest BCUT2D eigenvalue weighted by Gasteiger charge is 2.24. The lowest BCUT2D eigenvalue weighted by atomic mass is 9.99. The van der Waals surface area contributed by atoms with Crippen LogP contribution in [0.25, 0.3) is 0 Å². The average molecular weight is 563 g/mol. The highest BCUT2D eigenvalue weighted by Crippen LogP contribution is 2.44. The third kappa shape index (κ3) is 7.02. The molecule has 39 heavy (non-hydrogen) atoms. The van der Waals surface area contributed by atoms with Gasteiger partial charge in [-0.1, -0.05) is 25.4 Å². The number of amides is 1. The molecular formula is C26H31ClN4O8. The second-order valence-corrected chi connectivity index (χ2v) is 9.05. The summed E-state index contributed by atoms with van der Waals surface area (Å²) in [6.45, 7) is 6.13. The van der Waals surface area contributed by atoms with Gasteiger partial charge in [-0.2, -0.15) is 9.97 Å². The number of aryl methyl sites for hydroxylation is 1. The molecule has 0 aliphatic carbocycles. The number of carbonyl (C=O) groups is 2. The summed E-state index contributed by atoms with van der Waals surface area (Å²) < 4.78 is 27.9. The lowest BCUT2D eigenvalue weighted by molar-refractivity contribution is -0.137. The largest absolute Gasteiger partial charge is 0.492 e. The number of aliphatic carboxylic acids is 1. The Morgan fingerprint density at radius 3 is 2.31 bits per heavy atom. The van der Waals surface area contributed by atoms with Gasteiger partial charge in [-0.3, -0.25) is 9.59 Å². The lowest BCUT2D eigenvalue weighted by Crippen LogP contribution is -2.15. The van der Waals surface area contributed by atoms with E-state index in [1.807, 2.05) is 20.8 Å². The number of ether oxygens (including phenoxy) is 4. The maximum atomic E-state index is 13.0. The molecule has 0 unspecified atom stereocenters. The Bertz CT molecular complexity index is 1320. The minimum Gasteiger partial charge on any atom is -0.492 e. The predicted octanol–water partition coefficient (Wildman–Crippen LogP) is 5.50. The molecule has 0 radical (unpaired) electrons. The summed E-state index contributed by atoms with van der Waals surface area (Å²) in [4.78, 5) is 32.1. The number of methoxy groups -OCH3 is 3. The molecule has 0 aliphatic heterocycles. The number of carboxylic acid groups (broad SMARTS) is 1. The van der Waals surface area contributed by atoms with E-state index >= 15 is 0 Å². The van der Waals surface area contributed by atoms with Crippen LogP contribution in [0.4, 0.5) is 11.6 Å². The van der Waals surface area contributed by atoms with E-state index in [4.69, 9.17) is 40.1 Å². The van der Waals surface area contributed by atoms with Gasteiger partial charge in [0.05, 0.1) is 21.3 Å². The average Bonchev–Trinajstić information content (AvgIpc) is 3.36. The third-order valence-corrected chi connectivity index (χ3v) is 5.83. The Morgan fingerprint density at radius 1 is 1.08 bits per heavy atom. The predicted molar refractivity (Wildman–Crippen MR) is 144 cm³/mol. The first kappa shape index (κ1) is 29.4. The second kappa shape index (κ2) is 13.1. The fourth-order valence-electron chi connectivity index (χ4n) is 3.73. The van der Waals surface area contributed by atoms with Gasteiger partial charge in [-0.15, -0.1) is 0 Å². The summed E-state index contributed by atoms with van der Waals surface area (Å²) in [5.74, 6) is -0.329. The molecule has 0 spiro atoms. The molecule has 0 atom stereocenters. The van der Waals surface area contributed by atoms with Gasteiger partial charge in [0.1, 0.15) is 0 Å². The van der Waals surface area contributed by atoms with Gasteiger partial charge in [-0.25, -0.2) is 0 Å². The Morgan fingerprint density at radius 2 is 1.74 bits per heavy atom. The minimum absolute atomic E-state index is 0.00643. The van der Waals surface area contributed by atoms with Crippen LogP contribution >= 0.6 is 11.6 Å². The van der Waals surface area contributed by atoms with Crippen LogP contribution in [0, 0.1) is 6.92 Å². The standard InChI is InChI=1S/C26H31ClN4O8/c1-13(2)19-15(27)12-14(3)21(22(19)35-4)39-18-10-9-16(38-18)23(34)29-20-24(36-5)30-26(31-25(20)37-6)28-11-7-8-17(32)33/h9-10,12-13H,7-8,11H2,1-6H3,(H,29,34)(H,32,33)(H,28,30,31). The second-order valence-electron chi connectivity index (χ2n) is 8.65. The van der Waals surface area contributed by atoms with Crippen molar-refractivity contribution in [3.63, 3.8) is 0 Å². The van der Waals surface area contributed by atoms with Crippen LogP contribution in [0.15, 0.2) is 22.6 Å². The van der Waals surface area contributed by atoms with Gasteiger partial charge >= 0.3 is 5.97 Å². The molecule has 1 amide bonds. The van der Waals surface area contributed by atoms with Crippen molar-refractivity contribution in [1.82, 2.24) is 9.97 Å². The van der Waals surface area contributed by atoms with Crippen molar-refractivity contribution in [2.45, 2.75) is 39.5 Å². The van der Waals surface area contributed by atoms with Crippen molar-refractivity contribution in [3.8, 4) is 29.2 Å². The topological polar surface area (TPSA) is 154 Å². The number of hydrogen-bond acceptors (Lipinski definition) is 10. The first-order valence-electron chi connectivity index (χ1n) is 12.0. The highest BCUT2D eigenvalue weighted by atomic mass is 35.5.